The van der Waals surface area contributed by atoms with Crippen molar-refractivity contribution in [1.29, 1.82) is 0 Å². The Balaban J connectivity index is 0.000000119. The second-order valence-electron chi connectivity index (χ2n) is 15.5. The van der Waals surface area contributed by atoms with Crippen LogP contribution in [0.4, 0.5) is 0 Å². The molecular weight excluding hydrogens is 504 g/mol. The van der Waals surface area contributed by atoms with E-state index in [0.717, 1.165) is 67.9 Å². The van der Waals surface area contributed by atoms with Gasteiger partial charge in [0, 0.05) is 18.5 Å². The predicted octanol–water partition coefficient (Wildman–Crippen LogP) is 7.72. The molecule has 8 bridgehead atoms. The average molecular weight is 559 g/mol. The number of hydrogen-bond donors (Lipinski definition) is 1. The summed E-state index contributed by atoms with van der Waals surface area (Å²) in [5.74, 6) is 5.72. The molecule has 1 N–H and O–H groups in total. The van der Waals surface area contributed by atoms with Gasteiger partial charge in [0.05, 0.1) is 5.41 Å². The molecule has 39 heavy (non-hydrogen) atoms. The molecule has 8 aliphatic carbocycles. The number of rotatable bonds is 2. The molecule has 10 rings (SSSR count). The highest BCUT2D eigenvalue weighted by atomic mass is 35.5. The number of likely N-dealkylation sites (tertiary alicyclic amines) is 1. The summed E-state index contributed by atoms with van der Waals surface area (Å²) in [5, 5.41) is 3.31. The average Bonchev–Trinajstić information content (AvgIpc) is 3.36. The highest BCUT2D eigenvalue weighted by Gasteiger charge is 2.56. The molecule has 8 saturated carbocycles. The Morgan fingerprint density at radius 1 is 0.538 bits per heavy atom. The number of nitrogens with one attached hydrogen (secondary N) is 1. The first-order valence-corrected chi connectivity index (χ1v) is 17.5. The van der Waals surface area contributed by atoms with Crippen molar-refractivity contribution in [2.75, 3.05) is 26.2 Å². The summed E-state index contributed by atoms with van der Waals surface area (Å²) >= 11 is 5.76. The molecule has 0 radical (unpaired) electrons. The Labute approximate surface area is 243 Å². The maximum Gasteiger partial charge on any atom is 0.228 e. The Morgan fingerprint density at radius 2 is 0.897 bits per heavy atom. The molecule has 2 aliphatic heterocycles. The van der Waals surface area contributed by atoms with Crippen molar-refractivity contribution in [3.8, 4) is 0 Å². The van der Waals surface area contributed by atoms with E-state index in [1.807, 2.05) is 0 Å². The second kappa shape index (κ2) is 12.3. The van der Waals surface area contributed by atoms with E-state index < -0.39 is 0 Å². The van der Waals surface area contributed by atoms with Crippen LogP contribution in [0.2, 0.25) is 0 Å². The molecule has 0 spiro atoms. The van der Waals surface area contributed by atoms with Gasteiger partial charge in [0.1, 0.15) is 0 Å². The van der Waals surface area contributed by atoms with Crippen LogP contribution in [-0.4, -0.2) is 42.2 Å². The Bertz CT molecular complexity index is 773. The third-order valence-corrected chi connectivity index (χ3v) is 12.7. The van der Waals surface area contributed by atoms with E-state index in [-0.39, 0.29) is 16.1 Å². The maximum atomic E-state index is 13.1. The van der Waals surface area contributed by atoms with Gasteiger partial charge in [-0.3, -0.25) is 9.59 Å². The smallest absolute Gasteiger partial charge is 0.228 e. The van der Waals surface area contributed by atoms with Gasteiger partial charge < -0.3 is 10.2 Å². The molecule has 0 aromatic carbocycles. The molecule has 4 nitrogen and oxygen atoms in total. The second-order valence-corrected chi connectivity index (χ2v) is 15.9. The molecule has 0 unspecified atom stereocenters. The predicted molar refractivity (Wildman–Crippen MR) is 158 cm³/mol. The highest BCUT2D eigenvalue weighted by Crippen LogP contribution is 2.61. The van der Waals surface area contributed by atoms with E-state index in [1.54, 1.807) is 0 Å². The van der Waals surface area contributed by atoms with Crippen molar-refractivity contribution in [2.24, 2.45) is 46.3 Å². The summed E-state index contributed by atoms with van der Waals surface area (Å²) in [7, 11) is 0. The fraction of sp³-hybridized carbons (Fsp3) is 0.941. The molecule has 2 saturated heterocycles. The fourth-order valence-corrected chi connectivity index (χ4v) is 11.5. The van der Waals surface area contributed by atoms with Crippen molar-refractivity contribution in [1.82, 2.24) is 10.2 Å². The van der Waals surface area contributed by atoms with Crippen LogP contribution in [0.25, 0.3) is 0 Å². The third-order valence-electron chi connectivity index (χ3n) is 12.3. The van der Waals surface area contributed by atoms with Crippen LogP contribution in [0.1, 0.15) is 128 Å². The minimum atomic E-state index is -0.0731. The summed E-state index contributed by atoms with van der Waals surface area (Å²) in [5.41, 5.74) is 0.0232. The Morgan fingerprint density at radius 3 is 1.28 bits per heavy atom. The van der Waals surface area contributed by atoms with Crippen LogP contribution in [-0.2, 0) is 9.59 Å². The van der Waals surface area contributed by atoms with E-state index in [9.17, 15) is 9.59 Å². The van der Waals surface area contributed by atoms with E-state index in [1.165, 1.54) is 122 Å². The lowest BCUT2D eigenvalue weighted by Crippen LogP contribution is -2.54. The number of halogens is 1. The molecule has 5 heteroatoms. The standard InChI is InChI=1S/C17H27NO.C11H15ClO.C6H13N/c19-16(18-5-3-1-2-4-6-18)17-10-13-7-14(11-17)9-15(8-13)12-17;12-10(13)11-4-7-1-8(5-11)3-9(2-7)6-11;1-2-4-6-7-5-3-1/h13-15H,1-12H2;7-9H,1-6H2;7H,1-6H2. The van der Waals surface area contributed by atoms with Crippen molar-refractivity contribution in [2.45, 2.75) is 128 Å². The van der Waals surface area contributed by atoms with Gasteiger partial charge in [0.2, 0.25) is 11.1 Å². The van der Waals surface area contributed by atoms with E-state index in [2.05, 4.69) is 10.2 Å². The minimum absolute atomic E-state index is 0.0356. The van der Waals surface area contributed by atoms with Gasteiger partial charge in [-0.15, -0.1) is 0 Å². The monoisotopic (exact) mass is 558 g/mol. The molecule has 0 aromatic rings. The summed E-state index contributed by atoms with van der Waals surface area (Å²) < 4.78 is 0. The zero-order valence-electron chi connectivity index (χ0n) is 24.6. The lowest BCUT2D eigenvalue weighted by Gasteiger charge is -2.56. The van der Waals surface area contributed by atoms with Crippen LogP contribution in [0.15, 0.2) is 0 Å². The van der Waals surface area contributed by atoms with Gasteiger partial charge in [-0.05, 0) is 163 Å². The number of nitrogens with zero attached hydrogens (tertiary/aromatic N) is 1. The summed E-state index contributed by atoms with van der Waals surface area (Å²) in [6.07, 6.45) is 26.2. The quantitative estimate of drug-likeness (QED) is 0.353. The highest BCUT2D eigenvalue weighted by molar-refractivity contribution is 6.64. The van der Waals surface area contributed by atoms with Gasteiger partial charge >= 0.3 is 0 Å². The first-order valence-electron chi connectivity index (χ1n) is 17.1. The zero-order valence-corrected chi connectivity index (χ0v) is 25.3. The molecule has 0 atom stereocenters. The Hall–Kier alpha value is -0.610. The van der Waals surface area contributed by atoms with Crippen LogP contribution < -0.4 is 5.32 Å². The molecular formula is C34H55ClN2O2. The van der Waals surface area contributed by atoms with E-state index in [0.29, 0.717) is 5.91 Å². The molecule has 10 fully saturated rings. The van der Waals surface area contributed by atoms with Gasteiger partial charge in [-0.25, -0.2) is 0 Å². The lowest BCUT2D eigenvalue weighted by atomic mass is 9.49. The number of carbonyl (C=O) groups is 2. The van der Waals surface area contributed by atoms with Crippen LogP contribution in [0.3, 0.4) is 0 Å². The Kier molecular flexibility index (Phi) is 9.01. The minimum Gasteiger partial charge on any atom is -0.342 e. The van der Waals surface area contributed by atoms with Crippen LogP contribution in [0.5, 0.6) is 0 Å². The van der Waals surface area contributed by atoms with Gasteiger partial charge in [0.25, 0.3) is 0 Å². The first-order chi connectivity index (χ1) is 18.9. The molecule has 1 amide bonds. The summed E-state index contributed by atoms with van der Waals surface area (Å²) in [4.78, 5) is 26.8. The third kappa shape index (κ3) is 6.42. The van der Waals surface area contributed by atoms with Crippen molar-refractivity contribution in [3.05, 3.63) is 0 Å². The number of carbonyl (C=O) groups excluding carboxylic acids is 2. The normalized spacial score (nSPS) is 43.9. The maximum absolute atomic E-state index is 13.1. The first kappa shape index (κ1) is 28.5. The summed E-state index contributed by atoms with van der Waals surface area (Å²) in [6, 6.07) is 0. The summed E-state index contributed by atoms with van der Waals surface area (Å²) in [6.45, 7) is 4.58. The molecule has 0 aromatic heterocycles. The molecule has 220 valence electrons. The van der Waals surface area contributed by atoms with Gasteiger partial charge in [-0.2, -0.15) is 0 Å². The fourth-order valence-electron chi connectivity index (χ4n) is 11.3. The van der Waals surface area contributed by atoms with Gasteiger partial charge in [-0.1, -0.05) is 25.7 Å². The van der Waals surface area contributed by atoms with Crippen molar-refractivity contribution in [3.63, 3.8) is 0 Å². The van der Waals surface area contributed by atoms with Crippen molar-refractivity contribution >= 4 is 22.8 Å². The van der Waals surface area contributed by atoms with E-state index in [4.69, 9.17) is 11.6 Å². The van der Waals surface area contributed by atoms with Crippen LogP contribution >= 0.6 is 11.6 Å². The van der Waals surface area contributed by atoms with Crippen LogP contribution in [0, 0.1) is 46.3 Å². The largest absolute Gasteiger partial charge is 0.342 e. The number of hydrogen-bond acceptors (Lipinski definition) is 3. The molecule has 2 heterocycles. The lowest BCUT2D eigenvalue weighted by molar-refractivity contribution is -0.157. The van der Waals surface area contributed by atoms with Crippen molar-refractivity contribution < 1.29 is 9.59 Å². The van der Waals surface area contributed by atoms with E-state index >= 15 is 0 Å². The topological polar surface area (TPSA) is 49.4 Å². The molecule has 10 aliphatic rings. The SMILES string of the molecule is C1CCCNCC1.O=C(Cl)C12CC3CC(CC(C3)C1)C2.O=C(N1CCCCCC1)C12CC3CC(CC(C3)C1)C2. The van der Waals surface area contributed by atoms with Gasteiger partial charge in [0.15, 0.2) is 0 Å². The number of amides is 1. The zero-order chi connectivity index (χ0) is 26.9.